The summed E-state index contributed by atoms with van der Waals surface area (Å²) in [4.78, 5) is 4.17. The minimum absolute atomic E-state index is 0. The highest BCUT2D eigenvalue weighted by Gasteiger charge is 2.50. The summed E-state index contributed by atoms with van der Waals surface area (Å²) in [5.41, 5.74) is -5.23. The molecule has 27 heavy (non-hydrogen) atoms. The van der Waals surface area contributed by atoms with E-state index in [2.05, 4.69) is 22.5 Å². The SMILES string of the molecule is CN=C(NCC1CCC(C)CC1)NC1CCN(S(=O)(=O)C(F)(F)F)CC1.I. The highest BCUT2D eigenvalue weighted by molar-refractivity contribution is 14.0. The average Bonchev–Trinajstić information content (AvgIpc) is 2.59. The Kier molecular flexibility index (Phi) is 9.59. The maximum absolute atomic E-state index is 12.6. The van der Waals surface area contributed by atoms with Crippen LogP contribution in [0.3, 0.4) is 0 Å². The molecule has 0 bridgehead atoms. The zero-order chi connectivity index (χ0) is 19.4. The van der Waals surface area contributed by atoms with Crippen molar-refractivity contribution in [2.45, 2.75) is 57.0 Å². The fraction of sp³-hybridized carbons (Fsp3) is 0.938. The molecule has 1 heterocycles. The first kappa shape index (κ1) is 24.7. The van der Waals surface area contributed by atoms with E-state index in [1.807, 2.05) is 0 Å². The molecule has 0 spiro atoms. The van der Waals surface area contributed by atoms with Gasteiger partial charge in [0.15, 0.2) is 5.96 Å². The van der Waals surface area contributed by atoms with E-state index < -0.39 is 15.5 Å². The lowest BCUT2D eigenvalue weighted by atomic mass is 9.83. The molecule has 160 valence electrons. The van der Waals surface area contributed by atoms with Crippen molar-refractivity contribution in [2.75, 3.05) is 26.7 Å². The smallest absolute Gasteiger partial charge is 0.356 e. The van der Waals surface area contributed by atoms with Crippen LogP contribution in [0, 0.1) is 11.8 Å². The molecule has 1 saturated carbocycles. The van der Waals surface area contributed by atoms with Gasteiger partial charge >= 0.3 is 15.5 Å². The summed E-state index contributed by atoms with van der Waals surface area (Å²) in [5.74, 6) is 2.03. The van der Waals surface area contributed by atoms with Crippen LogP contribution in [0.4, 0.5) is 13.2 Å². The minimum Gasteiger partial charge on any atom is -0.356 e. The van der Waals surface area contributed by atoms with Gasteiger partial charge in [-0.15, -0.1) is 24.0 Å². The number of guanidine groups is 1. The van der Waals surface area contributed by atoms with Gasteiger partial charge in [0.1, 0.15) is 0 Å². The molecule has 2 rings (SSSR count). The molecule has 0 amide bonds. The van der Waals surface area contributed by atoms with Gasteiger partial charge in [-0.05, 0) is 37.5 Å². The summed E-state index contributed by atoms with van der Waals surface area (Å²) in [6.45, 7) is 2.82. The summed E-state index contributed by atoms with van der Waals surface area (Å²) < 4.78 is 61.2. The van der Waals surface area contributed by atoms with Crippen LogP contribution in [0.1, 0.15) is 45.4 Å². The molecule has 0 aromatic carbocycles. The van der Waals surface area contributed by atoms with Crippen LogP contribution in [0.5, 0.6) is 0 Å². The molecule has 0 unspecified atom stereocenters. The molecule has 2 fully saturated rings. The van der Waals surface area contributed by atoms with E-state index in [0.717, 1.165) is 12.5 Å². The second-order valence-electron chi connectivity index (χ2n) is 7.35. The fourth-order valence-electron chi connectivity index (χ4n) is 3.55. The van der Waals surface area contributed by atoms with Crippen molar-refractivity contribution < 1.29 is 21.6 Å². The fourth-order valence-corrected chi connectivity index (χ4v) is 4.53. The molecule has 1 aliphatic carbocycles. The number of rotatable bonds is 4. The Balaban J connectivity index is 0.00000364. The van der Waals surface area contributed by atoms with Crippen LogP contribution in [-0.4, -0.2) is 56.9 Å². The summed E-state index contributed by atoms with van der Waals surface area (Å²) in [6.07, 6.45) is 5.50. The van der Waals surface area contributed by atoms with E-state index in [1.165, 1.54) is 25.7 Å². The van der Waals surface area contributed by atoms with E-state index in [9.17, 15) is 21.6 Å². The molecule has 0 radical (unpaired) electrons. The van der Waals surface area contributed by atoms with Crippen LogP contribution >= 0.6 is 24.0 Å². The number of hydrogen-bond donors (Lipinski definition) is 2. The number of aliphatic imine (C=N–C) groups is 1. The van der Waals surface area contributed by atoms with Gasteiger partial charge in [-0.1, -0.05) is 19.8 Å². The van der Waals surface area contributed by atoms with Crippen molar-refractivity contribution in [3.63, 3.8) is 0 Å². The predicted molar refractivity (Wildman–Crippen MR) is 111 cm³/mol. The van der Waals surface area contributed by atoms with Crippen LogP contribution in [-0.2, 0) is 10.0 Å². The monoisotopic (exact) mass is 526 g/mol. The van der Waals surface area contributed by atoms with Crippen molar-refractivity contribution >= 4 is 40.0 Å². The van der Waals surface area contributed by atoms with Crippen LogP contribution in [0.15, 0.2) is 4.99 Å². The van der Waals surface area contributed by atoms with Gasteiger partial charge in [0.25, 0.3) is 0 Å². The standard InChI is InChI=1S/C16H29F3N4O2S.HI/c1-12-3-5-13(6-4-12)11-21-15(20-2)22-14-7-9-23(10-8-14)26(24,25)16(17,18)19;/h12-14H,3-11H2,1-2H3,(H2,20,21,22);1H. The Morgan fingerprint density at radius 3 is 2.15 bits per heavy atom. The van der Waals surface area contributed by atoms with E-state index in [0.29, 0.717) is 29.0 Å². The summed E-state index contributed by atoms with van der Waals surface area (Å²) in [6, 6.07) is -0.0905. The van der Waals surface area contributed by atoms with Gasteiger partial charge in [0.05, 0.1) is 0 Å². The van der Waals surface area contributed by atoms with E-state index in [-0.39, 0.29) is 43.1 Å². The third kappa shape index (κ3) is 6.91. The van der Waals surface area contributed by atoms with Gasteiger partial charge in [-0.25, -0.2) is 8.42 Å². The van der Waals surface area contributed by atoms with Crippen molar-refractivity contribution in [3.8, 4) is 0 Å². The molecule has 1 aliphatic heterocycles. The third-order valence-electron chi connectivity index (χ3n) is 5.34. The lowest BCUT2D eigenvalue weighted by Crippen LogP contribution is -2.52. The number of nitrogens with one attached hydrogen (secondary N) is 2. The number of alkyl halides is 3. The number of nitrogens with zero attached hydrogens (tertiary/aromatic N) is 2. The Labute approximate surface area is 176 Å². The second-order valence-corrected chi connectivity index (χ2v) is 9.28. The zero-order valence-corrected chi connectivity index (χ0v) is 18.9. The molecule has 6 nitrogen and oxygen atoms in total. The van der Waals surface area contributed by atoms with Gasteiger partial charge in [-0.2, -0.15) is 17.5 Å². The average molecular weight is 526 g/mol. The molecule has 0 aromatic heterocycles. The Morgan fingerprint density at radius 1 is 1.11 bits per heavy atom. The summed E-state index contributed by atoms with van der Waals surface area (Å²) in [7, 11) is -3.57. The van der Waals surface area contributed by atoms with Gasteiger partial charge in [0.2, 0.25) is 0 Å². The van der Waals surface area contributed by atoms with Crippen molar-refractivity contribution in [1.82, 2.24) is 14.9 Å². The first-order valence-electron chi connectivity index (χ1n) is 9.17. The number of hydrogen-bond acceptors (Lipinski definition) is 3. The number of piperidine rings is 1. The van der Waals surface area contributed by atoms with E-state index in [4.69, 9.17) is 0 Å². The Bertz CT molecular complexity index is 585. The largest absolute Gasteiger partial charge is 0.511 e. The maximum Gasteiger partial charge on any atom is 0.511 e. The zero-order valence-electron chi connectivity index (χ0n) is 15.8. The molecule has 2 aliphatic rings. The Hall–Kier alpha value is -0.300. The maximum atomic E-state index is 12.6. The molecule has 0 atom stereocenters. The Morgan fingerprint density at radius 2 is 1.67 bits per heavy atom. The normalized spacial score (nSPS) is 26.3. The first-order chi connectivity index (χ1) is 12.1. The molecular weight excluding hydrogens is 496 g/mol. The number of halogens is 4. The van der Waals surface area contributed by atoms with Gasteiger partial charge in [-0.3, -0.25) is 4.99 Å². The molecular formula is C16H30F3IN4O2S. The first-order valence-corrected chi connectivity index (χ1v) is 10.6. The van der Waals surface area contributed by atoms with Gasteiger partial charge in [0, 0.05) is 32.7 Å². The van der Waals surface area contributed by atoms with Crippen LogP contribution in [0.2, 0.25) is 0 Å². The van der Waals surface area contributed by atoms with Gasteiger partial charge < -0.3 is 10.6 Å². The summed E-state index contributed by atoms with van der Waals surface area (Å²) in [5, 5.41) is 6.49. The van der Waals surface area contributed by atoms with Crippen molar-refractivity contribution in [2.24, 2.45) is 16.8 Å². The van der Waals surface area contributed by atoms with Crippen LogP contribution in [0.25, 0.3) is 0 Å². The van der Waals surface area contributed by atoms with E-state index in [1.54, 1.807) is 7.05 Å². The highest BCUT2D eigenvalue weighted by atomic mass is 127. The van der Waals surface area contributed by atoms with Crippen molar-refractivity contribution in [3.05, 3.63) is 0 Å². The van der Waals surface area contributed by atoms with Crippen LogP contribution < -0.4 is 10.6 Å². The third-order valence-corrected chi connectivity index (χ3v) is 6.97. The minimum atomic E-state index is -5.23. The number of sulfonamides is 1. The summed E-state index contributed by atoms with van der Waals surface area (Å²) >= 11 is 0. The molecule has 0 aromatic rings. The quantitative estimate of drug-likeness (QED) is 0.336. The predicted octanol–water partition coefficient (Wildman–Crippen LogP) is 2.91. The molecule has 2 N–H and O–H groups in total. The topological polar surface area (TPSA) is 73.8 Å². The lowest BCUT2D eigenvalue weighted by Gasteiger charge is -2.33. The lowest BCUT2D eigenvalue weighted by molar-refractivity contribution is -0.0494. The van der Waals surface area contributed by atoms with Crippen molar-refractivity contribution in [1.29, 1.82) is 0 Å². The second kappa shape index (κ2) is 10.5. The molecule has 1 saturated heterocycles. The highest BCUT2D eigenvalue weighted by Crippen LogP contribution is 2.29. The molecule has 11 heteroatoms. The van der Waals surface area contributed by atoms with E-state index >= 15 is 0 Å².